The number of hydrogen-bond donors (Lipinski definition) is 1. The summed E-state index contributed by atoms with van der Waals surface area (Å²) in [5.41, 5.74) is 7.45. The van der Waals surface area contributed by atoms with E-state index in [0.717, 1.165) is 12.8 Å². The number of nitrogens with two attached hydrogens (primary N) is 1. The Labute approximate surface area is 137 Å². The summed E-state index contributed by atoms with van der Waals surface area (Å²) in [7, 11) is 0. The number of likely N-dealkylation sites (tertiary alicyclic amines) is 1. The van der Waals surface area contributed by atoms with Crippen molar-refractivity contribution in [2.24, 2.45) is 5.73 Å². The van der Waals surface area contributed by atoms with Crippen LogP contribution < -0.4 is 5.73 Å². The number of carbonyl (C=O) groups is 1. The lowest BCUT2D eigenvalue weighted by molar-refractivity contribution is 0.0873. The average molecular weight is 312 g/mol. The van der Waals surface area contributed by atoms with Gasteiger partial charge in [0, 0.05) is 25.0 Å². The molecule has 1 fully saturated rings. The standard InChI is InChI=1S/C19H24N2O2/c1-2-23-18(22)21-12-10-19(14-20,11-13-21)17-9-5-7-15-6-3-4-8-16(15)17/h3-9H,2,10-14,20H2,1H3. The van der Waals surface area contributed by atoms with Gasteiger partial charge < -0.3 is 15.4 Å². The van der Waals surface area contributed by atoms with E-state index in [1.807, 2.05) is 6.92 Å². The van der Waals surface area contributed by atoms with Crippen LogP contribution in [0.5, 0.6) is 0 Å². The molecule has 0 aromatic heterocycles. The van der Waals surface area contributed by atoms with E-state index in [0.29, 0.717) is 26.2 Å². The van der Waals surface area contributed by atoms with E-state index in [1.165, 1.54) is 16.3 Å². The van der Waals surface area contributed by atoms with Crippen molar-refractivity contribution in [3.05, 3.63) is 48.0 Å². The zero-order chi connectivity index (χ0) is 16.3. The van der Waals surface area contributed by atoms with E-state index in [1.54, 1.807) is 4.90 Å². The van der Waals surface area contributed by atoms with Crippen molar-refractivity contribution in [2.75, 3.05) is 26.2 Å². The average Bonchev–Trinajstić information content (AvgIpc) is 2.61. The first kappa shape index (κ1) is 15.8. The predicted octanol–water partition coefficient (Wildman–Crippen LogP) is 3.29. The second kappa shape index (κ2) is 6.59. The molecule has 0 bridgehead atoms. The Morgan fingerprint density at radius 1 is 1.17 bits per heavy atom. The molecule has 122 valence electrons. The molecule has 2 aromatic carbocycles. The molecule has 0 radical (unpaired) electrons. The van der Waals surface area contributed by atoms with Gasteiger partial charge in [-0.2, -0.15) is 0 Å². The summed E-state index contributed by atoms with van der Waals surface area (Å²) in [5, 5.41) is 2.51. The Balaban J connectivity index is 1.89. The molecule has 0 saturated carbocycles. The molecule has 1 saturated heterocycles. The lowest BCUT2D eigenvalue weighted by Crippen LogP contribution is -2.48. The first-order valence-corrected chi connectivity index (χ1v) is 8.30. The van der Waals surface area contributed by atoms with Gasteiger partial charge >= 0.3 is 6.09 Å². The predicted molar refractivity (Wildman–Crippen MR) is 92.5 cm³/mol. The highest BCUT2D eigenvalue weighted by Gasteiger charge is 2.37. The van der Waals surface area contributed by atoms with Crippen molar-refractivity contribution in [1.29, 1.82) is 0 Å². The van der Waals surface area contributed by atoms with Crippen molar-refractivity contribution >= 4 is 16.9 Å². The molecule has 2 aromatic rings. The number of hydrogen-bond acceptors (Lipinski definition) is 3. The summed E-state index contributed by atoms with van der Waals surface area (Å²) < 4.78 is 5.11. The van der Waals surface area contributed by atoms with E-state index in [4.69, 9.17) is 10.5 Å². The monoisotopic (exact) mass is 312 g/mol. The van der Waals surface area contributed by atoms with Gasteiger partial charge in [0.15, 0.2) is 0 Å². The Morgan fingerprint density at radius 3 is 2.57 bits per heavy atom. The van der Waals surface area contributed by atoms with Gasteiger partial charge in [0.2, 0.25) is 0 Å². The Hall–Kier alpha value is -2.07. The number of rotatable bonds is 3. The maximum Gasteiger partial charge on any atom is 0.409 e. The van der Waals surface area contributed by atoms with Crippen molar-refractivity contribution < 1.29 is 9.53 Å². The molecule has 23 heavy (non-hydrogen) atoms. The van der Waals surface area contributed by atoms with E-state index in [2.05, 4.69) is 42.5 Å². The summed E-state index contributed by atoms with van der Waals surface area (Å²) in [4.78, 5) is 13.7. The van der Waals surface area contributed by atoms with Gasteiger partial charge in [0.25, 0.3) is 0 Å². The molecule has 0 aliphatic carbocycles. The number of ether oxygens (including phenoxy) is 1. The number of carbonyl (C=O) groups excluding carboxylic acids is 1. The number of piperidine rings is 1. The highest BCUT2D eigenvalue weighted by molar-refractivity contribution is 5.86. The second-order valence-corrected chi connectivity index (χ2v) is 6.20. The van der Waals surface area contributed by atoms with Gasteiger partial charge in [0.05, 0.1) is 6.61 Å². The SMILES string of the molecule is CCOC(=O)N1CCC(CN)(c2cccc3ccccc23)CC1. The van der Waals surface area contributed by atoms with Crippen LogP contribution in [0.25, 0.3) is 10.8 Å². The zero-order valence-corrected chi connectivity index (χ0v) is 13.6. The summed E-state index contributed by atoms with van der Waals surface area (Å²) in [6, 6.07) is 14.9. The number of amides is 1. The molecule has 4 heteroatoms. The molecular weight excluding hydrogens is 288 g/mol. The number of benzene rings is 2. The van der Waals surface area contributed by atoms with E-state index in [-0.39, 0.29) is 11.5 Å². The van der Waals surface area contributed by atoms with Gasteiger partial charge in [-0.1, -0.05) is 42.5 Å². The smallest absolute Gasteiger partial charge is 0.409 e. The number of fused-ring (bicyclic) bond motifs is 1. The van der Waals surface area contributed by atoms with Crippen molar-refractivity contribution in [3.63, 3.8) is 0 Å². The molecule has 3 rings (SSSR count). The van der Waals surface area contributed by atoms with Crippen LogP contribution in [0.4, 0.5) is 4.79 Å². The molecule has 1 aliphatic rings. The number of nitrogens with zero attached hydrogens (tertiary/aromatic N) is 1. The summed E-state index contributed by atoms with van der Waals surface area (Å²) in [5.74, 6) is 0. The minimum absolute atomic E-state index is 0.0656. The topological polar surface area (TPSA) is 55.6 Å². The molecule has 1 amide bonds. The highest BCUT2D eigenvalue weighted by Crippen LogP contribution is 2.38. The quantitative estimate of drug-likeness (QED) is 0.946. The fraction of sp³-hybridized carbons (Fsp3) is 0.421. The fourth-order valence-electron chi connectivity index (χ4n) is 3.60. The largest absolute Gasteiger partial charge is 0.450 e. The highest BCUT2D eigenvalue weighted by atomic mass is 16.6. The molecule has 4 nitrogen and oxygen atoms in total. The van der Waals surface area contributed by atoms with Gasteiger partial charge in [-0.3, -0.25) is 0 Å². The molecule has 0 unspecified atom stereocenters. The normalized spacial score (nSPS) is 17.2. The third kappa shape index (κ3) is 2.91. The van der Waals surface area contributed by atoms with Crippen LogP contribution in [0.1, 0.15) is 25.3 Å². The van der Waals surface area contributed by atoms with Crippen LogP contribution in [0.3, 0.4) is 0 Å². The minimum atomic E-state index is -0.212. The second-order valence-electron chi connectivity index (χ2n) is 6.20. The molecule has 0 spiro atoms. The van der Waals surface area contributed by atoms with Crippen LogP contribution in [0.15, 0.2) is 42.5 Å². The van der Waals surface area contributed by atoms with Crippen molar-refractivity contribution in [3.8, 4) is 0 Å². The Kier molecular flexibility index (Phi) is 4.53. The first-order valence-electron chi connectivity index (χ1n) is 8.30. The van der Waals surface area contributed by atoms with Crippen molar-refractivity contribution in [2.45, 2.75) is 25.2 Å². The van der Waals surface area contributed by atoms with Crippen molar-refractivity contribution in [1.82, 2.24) is 4.90 Å². The lowest BCUT2D eigenvalue weighted by Gasteiger charge is -2.41. The first-order chi connectivity index (χ1) is 11.2. The Morgan fingerprint density at radius 2 is 1.87 bits per heavy atom. The summed E-state index contributed by atoms with van der Waals surface area (Å²) in [6.07, 6.45) is 1.53. The van der Waals surface area contributed by atoms with Crippen LogP contribution in [-0.2, 0) is 10.2 Å². The van der Waals surface area contributed by atoms with E-state index >= 15 is 0 Å². The van der Waals surface area contributed by atoms with E-state index < -0.39 is 0 Å². The third-order valence-electron chi connectivity index (χ3n) is 5.00. The third-order valence-corrected chi connectivity index (χ3v) is 5.00. The zero-order valence-electron chi connectivity index (χ0n) is 13.6. The lowest BCUT2D eigenvalue weighted by atomic mass is 9.71. The van der Waals surface area contributed by atoms with Gasteiger partial charge in [-0.25, -0.2) is 4.79 Å². The van der Waals surface area contributed by atoms with Crippen LogP contribution in [0, 0.1) is 0 Å². The summed E-state index contributed by atoms with van der Waals surface area (Å²) >= 11 is 0. The van der Waals surface area contributed by atoms with E-state index in [9.17, 15) is 4.79 Å². The van der Waals surface area contributed by atoms with Gasteiger partial charge in [-0.05, 0) is 36.1 Å². The van der Waals surface area contributed by atoms with Crippen LogP contribution >= 0.6 is 0 Å². The fourth-order valence-corrected chi connectivity index (χ4v) is 3.60. The molecule has 1 heterocycles. The minimum Gasteiger partial charge on any atom is -0.450 e. The molecule has 0 atom stereocenters. The summed E-state index contributed by atoms with van der Waals surface area (Å²) in [6.45, 7) is 4.24. The van der Waals surface area contributed by atoms with Crippen LogP contribution in [0.2, 0.25) is 0 Å². The molecule has 1 aliphatic heterocycles. The van der Waals surface area contributed by atoms with Gasteiger partial charge in [0.1, 0.15) is 0 Å². The molecular formula is C19H24N2O2. The maximum atomic E-state index is 11.9. The maximum absolute atomic E-state index is 11.9. The Bertz CT molecular complexity index is 685. The molecule has 2 N–H and O–H groups in total. The van der Waals surface area contributed by atoms with Crippen LogP contribution in [-0.4, -0.2) is 37.2 Å². The van der Waals surface area contributed by atoms with Gasteiger partial charge in [-0.15, -0.1) is 0 Å².